The van der Waals surface area contributed by atoms with Gasteiger partial charge in [-0.05, 0) is 24.5 Å². The lowest BCUT2D eigenvalue weighted by molar-refractivity contribution is -0.120. The van der Waals surface area contributed by atoms with E-state index in [1.54, 1.807) is 17.8 Å². The molecule has 0 bridgehead atoms. The minimum atomic E-state index is -0.289. The Kier molecular flexibility index (Phi) is 2.83. The number of benzene rings is 1. The van der Waals surface area contributed by atoms with Gasteiger partial charge in [0.25, 0.3) is 5.91 Å². The molecule has 0 aliphatic carbocycles. The molecule has 1 fully saturated rings. The fourth-order valence-electron chi connectivity index (χ4n) is 1.62. The van der Waals surface area contributed by atoms with Crippen molar-refractivity contribution in [2.24, 2.45) is 0 Å². The zero-order valence-electron chi connectivity index (χ0n) is 8.90. The van der Waals surface area contributed by atoms with Crippen molar-refractivity contribution in [2.75, 3.05) is 11.2 Å². The summed E-state index contributed by atoms with van der Waals surface area (Å²) in [5, 5.41) is 0. The molecule has 1 aromatic rings. The van der Waals surface area contributed by atoms with E-state index < -0.39 is 0 Å². The highest BCUT2D eigenvalue weighted by atomic mass is 32.2. The number of amides is 2. The zero-order valence-corrected chi connectivity index (χ0v) is 9.71. The minimum Gasteiger partial charge on any atom is -0.274 e. The molecule has 1 aliphatic heterocycles. The molecule has 0 radical (unpaired) electrons. The number of imide groups is 1. The average molecular weight is 233 g/mol. The maximum absolute atomic E-state index is 11.7. The Morgan fingerprint density at radius 3 is 2.69 bits per heavy atom. The van der Waals surface area contributed by atoms with Crippen molar-refractivity contribution in [1.82, 2.24) is 0 Å². The van der Waals surface area contributed by atoms with Gasteiger partial charge in [-0.25, -0.2) is 4.90 Å². The van der Waals surface area contributed by atoms with Crippen LogP contribution in [-0.2, 0) is 9.59 Å². The highest BCUT2D eigenvalue weighted by Gasteiger charge is 2.33. The second kappa shape index (κ2) is 4.14. The molecule has 82 valence electrons. The number of carbonyl (C=O) groups is 2. The first kappa shape index (κ1) is 11.0. The average Bonchev–Trinajstić information content (AvgIpc) is 2.53. The van der Waals surface area contributed by atoms with Gasteiger partial charge in [-0.1, -0.05) is 12.6 Å². The van der Waals surface area contributed by atoms with Crippen LogP contribution >= 0.6 is 11.8 Å². The van der Waals surface area contributed by atoms with E-state index in [-0.39, 0.29) is 18.2 Å². The van der Waals surface area contributed by atoms with Crippen LogP contribution in [-0.4, -0.2) is 18.1 Å². The third kappa shape index (κ3) is 1.76. The summed E-state index contributed by atoms with van der Waals surface area (Å²) in [7, 11) is 0. The van der Waals surface area contributed by atoms with Crippen LogP contribution in [0, 0.1) is 0 Å². The zero-order chi connectivity index (χ0) is 11.7. The molecular formula is C12H11NO2S. The van der Waals surface area contributed by atoms with Crippen LogP contribution in [0.5, 0.6) is 0 Å². The third-order valence-electron chi connectivity index (χ3n) is 2.43. The SMILES string of the molecule is C=C1CC(=O)N(c2cccc(SC)c2)C1=O. The Labute approximate surface area is 98.1 Å². The monoisotopic (exact) mass is 233 g/mol. The molecule has 1 aromatic carbocycles. The maximum Gasteiger partial charge on any atom is 0.260 e. The third-order valence-corrected chi connectivity index (χ3v) is 3.16. The molecule has 1 aliphatic rings. The molecule has 0 aromatic heterocycles. The summed E-state index contributed by atoms with van der Waals surface area (Å²) >= 11 is 1.57. The normalized spacial score (nSPS) is 16.1. The van der Waals surface area contributed by atoms with Gasteiger partial charge in [-0.2, -0.15) is 0 Å². The second-order valence-corrected chi connectivity index (χ2v) is 4.40. The fourth-order valence-corrected chi connectivity index (χ4v) is 2.07. The number of nitrogens with zero attached hydrogens (tertiary/aromatic N) is 1. The largest absolute Gasteiger partial charge is 0.274 e. The molecule has 2 amide bonds. The molecule has 2 rings (SSSR count). The van der Waals surface area contributed by atoms with Gasteiger partial charge >= 0.3 is 0 Å². The Morgan fingerprint density at radius 1 is 1.38 bits per heavy atom. The van der Waals surface area contributed by atoms with Gasteiger partial charge in [0.1, 0.15) is 0 Å². The van der Waals surface area contributed by atoms with Crippen LogP contribution in [0.1, 0.15) is 6.42 Å². The predicted octanol–water partition coefficient (Wildman–Crippen LogP) is 2.23. The Bertz CT molecular complexity index is 482. The van der Waals surface area contributed by atoms with Crippen LogP contribution in [0.2, 0.25) is 0 Å². The first-order chi connectivity index (χ1) is 7.63. The quantitative estimate of drug-likeness (QED) is 0.446. The number of rotatable bonds is 2. The van der Waals surface area contributed by atoms with Crippen LogP contribution in [0.25, 0.3) is 0 Å². The minimum absolute atomic E-state index is 0.127. The molecule has 4 heteroatoms. The van der Waals surface area contributed by atoms with Crippen LogP contribution in [0.3, 0.4) is 0 Å². The summed E-state index contributed by atoms with van der Waals surface area (Å²) in [4.78, 5) is 25.6. The summed E-state index contributed by atoms with van der Waals surface area (Å²) in [6.45, 7) is 3.59. The molecule has 0 unspecified atom stereocenters. The van der Waals surface area contributed by atoms with E-state index in [4.69, 9.17) is 0 Å². The molecule has 0 N–H and O–H groups in total. The van der Waals surface area contributed by atoms with E-state index in [0.717, 1.165) is 4.90 Å². The van der Waals surface area contributed by atoms with Gasteiger partial charge in [-0.3, -0.25) is 9.59 Å². The van der Waals surface area contributed by atoms with Crippen molar-refractivity contribution in [3.05, 3.63) is 36.4 Å². The number of hydrogen-bond donors (Lipinski definition) is 0. The molecule has 1 saturated heterocycles. The number of anilines is 1. The Morgan fingerprint density at radius 2 is 2.12 bits per heavy atom. The van der Waals surface area contributed by atoms with Crippen molar-refractivity contribution < 1.29 is 9.59 Å². The van der Waals surface area contributed by atoms with Crippen LogP contribution in [0.15, 0.2) is 41.3 Å². The standard InChI is InChI=1S/C12H11NO2S/c1-8-6-11(14)13(12(8)15)9-4-3-5-10(7-9)16-2/h3-5,7H,1,6H2,2H3. The second-order valence-electron chi connectivity index (χ2n) is 3.52. The Hall–Kier alpha value is -1.55. The van der Waals surface area contributed by atoms with Crippen molar-refractivity contribution in [3.63, 3.8) is 0 Å². The lowest BCUT2D eigenvalue weighted by Gasteiger charge is -2.14. The van der Waals surface area contributed by atoms with E-state index in [1.807, 2.05) is 24.5 Å². The van der Waals surface area contributed by atoms with Crippen molar-refractivity contribution >= 4 is 29.3 Å². The molecule has 0 saturated carbocycles. The summed E-state index contributed by atoms with van der Waals surface area (Å²) < 4.78 is 0. The van der Waals surface area contributed by atoms with Gasteiger partial charge < -0.3 is 0 Å². The Balaban J connectivity index is 2.40. The first-order valence-corrected chi connectivity index (χ1v) is 6.05. The van der Waals surface area contributed by atoms with Gasteiger partial charge in [0.2, 0.25) is 5.91 Å². The van der Waals surface area contributed by atoms with E-state index >= 15 is 0 Å². The highest BCUT2D eigenvalue weighted by molar-refractivity contribution is 7.98. The van der Waals surface area contributed by atoms with E-state index in [9.17, 15) is 9.59 Å². The van der Waals surface area contributed by atoms with Crippen molar-refractivity contribution in [3.8, 4) is 0 Å². The molecule has 3 nitrogen and oxygen atoms in total. The van der Waals surface area contributed by atoms with E-state index in [0.29, 0.717) is 11.3 Å². The van der Waals surface area contributed by atoms with E-state index in [2.05, 4.69) is 6.58 Å². The smallest absolute Gasteiger partial charge is 0.260 e. The number of thioether (sulfide) groups is 1. The maximum atomic E-state index is 11.7. The summed E-state index contributed by atoms with van der Waals surface area (Å²) in [5.74, 6) is -0.489. The summed E-state index contributed by atoms with van der Waals surface area (Å²) in [5.41, 5.74) is 0.986. The molecule has 0 atom stereocenters. The van der Waals surface area contributed by atoms with Gasteiger partial charge in [-0.15, -0.1) is 11.8 Å². The first-order valence-electron chi connectivity index (χ1n) is 4.82. The lowest BCUT2D eigenvalue weighted by atomic mass is 10.3. The molecule has 16 heavy (non-hydrogen) atoms. The molecular weight excluding hydrogens is 222 g/mol. The van der Waals surface area contributed by atoms with Gasteiger partial charge in [0.15, 0.2) is 0 Å². The topological polar surface area (TPSA) is 37.4 Å². The number of carbonyl (C=O) groups excluding carboxylic acids is 2. The fraction of sp³-hybridized carbons (Fsp3) is 0.167. The van der Waals surface area contributed by atoms with Crippen LogP contribution < -0.4 is 4.90 Å². The summed E-state index contributed by atoms with van der Waals surface area (Å²) in [6, 6.07) is 7.37. The van der Waals surface area contributed by atoms with Crippen molar-refractivity contribution in [1.29, 1.82) is 0 Å². The van der Waals surface area contributed by atoms with Gasteiger partial charge in [0.05, 0.1) is 12.1 Å². The predicted molar refractivity (Wildman–Crippen MR) is 64.5 cm³/mol. The van der Waals surface area contributed by atoms with E-state index in [1.165, 1.54) is 4.90 Å². The summed E-state index contributed by atoms with van der Waals surface area (Å²) in [6.07, 6.45) is 2.08. The van der Waals surface area contributed by atoms with Gasteiger partial charge in [0, 0.05) is 10.5 Å². The highest BCUT2D eigenvalue weighted by Crippen LogP contribution is 2.27. The van der Waals surface area contributed by atoms with Crippen molar-refractivity contribution in [2.45, 2.75) is 11.3 Å². The molecule has 1 heterocycles. The molecule has 0 spiro atoms. The number of hydrogen-bond acceptors (Lipinski definition) is 3. The lowest BCUT2D eigenvalue weighted by Crippen LogP contribution is -2.28. The van der Waals surface area contributed by atoms with Crippen LogP contribution in [0.4, 0.5) is 5.69 Å².